The van der Waals surface area contributed by atoms with Crippen LogP contribution >= 0.6 is 0 Å². The molecule has 1 aliphatic heterocycles. The van der Waals surface area contributed by atoms with Gasteiger partial charge in [0.15, 0.2) is 6.10 Å². The van der Waals surface area contributed by atoms with Crippen molar-refractivity contribution in [3.63, 3.8) is 0 Å². The molecule has 1 unspecified atom stereocenters. The number of aliphatic hydroxyl groups excluding tert-OH is 1. The van der Waals surface area contributed by atoms with Crippen LogP contribution in [-0.2, 0) is 43.4 Å². The number of rotatable bonds is 5. The van der Waals surface area contributed by atoms with Crippen LogP contribution in [0.5, 0.6) is 0 Å². The van der Waals surface area contributed by atoms with E-state index in [2.05, 4.69) is 0 Å². The lowest BCUT2D eigenvalue weighted by Crippen LogP contribution is -2.62. The maximum Gasteiger partial charge on any atom is 0.305 e. The van der Waals surface area contributed by atoms with Crippen molar-refractivity contribution in [2.24, 2.45) is 0 Å². The van der Waals surface area contributed by atoms with Crippen LogP contribution in [0, 0.1) is 0 Å². The molecule has 0 saturated carbocycles. The molecule has 5 atom stereocenters. The molecule has 1 aliphatic rings. The SMILES string of the molecule is CC(=O)OC1O[C@H](CS(=O)(=O)O)[C@@H](O)[C@H](OC(C)=O)[C@@H]1OC(C)=O. The van der Waals surface area contributed by atoms with Gasteiger partial charge < -0.3 is 24.1 Å². The van der Waals surface area contributed by atoms with E-state index in [1.165, 1.54) is 0 Å². The number of esters is 3. The second-order valence-corrected chi connectivity index (χ2v) is 6.54. The topological polar surface area (TPSA) is 163 Å². The fourth-order valence-electron chi connectivity index (χ4n) is 2.14. The molecule has 1 heterocycles. The highest BCUT2D eigenvalue weighted by Gasteiger charge is 2.51. The maximum absolute atomic E-state index is 11.2. The monoisotopic (exact) mass is 370 g/mol. The van der Waals surface area contributed by atoms with E-state index in [0.717, 1.165) is 20.8 Å². The van der Waals surface area contributed by atoms with Crippen molar-refractivity contribution in [1.29, 1.82) is 0 Å². The van der Waals surface area contributed by atoms with Crippen molar-refractivity contribution in [1.82, 2.24) is 0 Å². The van der Waals surface area contributed by atoms with E-state index in [-0.39, 0.29) is 0 Å². The number of ether oxygens (including phenoxy) is 4. The van der Waals surface area contributed by atoms with E-state index in [1.54, 1.807) is 0 Å². The number of carbonyl (C=O) groups is 3. The Kier molecular flexibility index (Phi) is 6.66. The fraction of sp³-hybridized carbons (Fsp3) is 0.750. The molecule has 0 aromatic carbocycles. The zero-order valence-corrected chi connectivity index (χ0v) is 13.9. The average Bonchev–Trinajstić information content (AvgIpc) is 2.36. The smallest absolute Gasteiger partial charge is 0.305 e. The summed E-state index contributed by atoms with van der Waals surface area (Å²) < 4.78 is 50.6. The molecule has 0 amide bonds. The third kappa shape index (κ3) is 6.03. The van der Waals surface area contributed by atoms with Gasteiger partial charge in [-0.1, -0.05) is 0 Å². The van der Waals surface area contributed by atoms with Gasteiger partial charge in [-0.3, -0.25) is 18.9 Å². The van der Waals surface area contributed by atoms with Crippen molar-refractivity contribution >= 4 is 28.0 Å². The minimum Gasteiger partial charge on any atom is -0.455 e. The van der Waals surface area contributed by atoms with Gasteiger partial charge in [0.1, 0.15) is 18.0 Å². The summed E-state index contributed by atoms with van der Waals surface area (Å²) in [4.78, 5) is 33.6. The summed E-state index contributed by atoms with van der Waals surface area (Å²) in [6.07, 6.45) is -8.11. The highest BCUT2D eigenvalue weighted by molar-refractivity contribution is 7.85. The number of hydrogen-bond acceptors (Lipinski definition) is 10. The Morgan fingerprint density at radius 2 is 1.42 bits per heavy atom. The van der Waals surface area contributed by atoms with Crippen LogP contribution in [-0.4, -0.2) is 72.4 Å². The van der Waals surface area contributed by atoms with E-state index in [0.29, 0.717) is 0 Å². The van der Waals surface area contributed by atoms with Crippen molar-refractivity contribution < 1.29 is 51.4 Å². The van der Waals surface area contributed by atoms with E-state index >= 15 is 0 Å². The molecule has 12 heteroatoms. The molecule has 0 aliphatic carbocycles. The maximum atomic E-state index is 11.2. The summed E-state index contributed by atoms with van der Waals surface area (Å²) in [5, 5.41) is 10.2. The molecule has 24 heavy (non-hydrogen) atoms. The van der Waals surface area contributed by atoms with Gasteiger partial charge >= 0.3 is 17.9 Å². The summed E-state index contributed by atoms with van der Waals surface area (Å²) in [5.74, 6) is -3.64. The molecule has 138 valence electrons. The van der Waals surface area contributed by atoms with E-state index in [1.807, 2.05) is 0 Å². The van der Waals surface area contributed by atoms with Crippen LogP contribution < -0.4 is 0 Å². The van der Waals surface area contributed by atoms with Gasteiger partial charge in [-0.05, 0) is 0 Å². The molecule has 0 spiro atoms. The Morgan fingerprint density at radius 3 is 1.83 bits per heavy atom. The van der Waals surface area contributed by atoms with Crippen molar-refractivity contribution in [3.8, 4) is 0 Å². The second kappa shape index (κ2) is 7.88. The summed E-state index contributed by atoms with van der Waals surface area (Å²) in [6, 6.07) is 0. The van der Waals surface area contributed by atoms with Gasteiger partial charge in [-0.15, -0.1) is 0 Å². The van der Waals surface area contributed by atoms with Gasteiger partial charge in [0.25, 0.3) is 10.1 Å². The minimum absolute atomic E-state index is 0.849. The first kappa shape index (κ1) is 20.3. The van der Waals surface area contributed by atoms with Gasteiger partial charge in [0.2, 0.25) is 12.4 Å². The lowest BCUT2D eigenvalue weighted by molar-refractivity contribution is -0.289. The number of carbonyl (C=O) groups excluding carboxylic acids is 3. The third-order valence-corrected chi connectivity index (χ3v) is 3.63. The molecule has 1 rings (SSSR count). The Labute approximate surface area is 137 Å². The lowest BCUT2D eigenvalue weighted by atomic mass is 9.99. The summed E-state index contributed by atoms with van der Waals surface area (Å²) in [5.41, 5.74) is 0. The second-order valence-electron chi connectivity index (χ2n) is 5.04. The van der Waals surface area contributed by atoms with Crippen molar-refractivity contribution in [2.45, 2.75) is 51.5 Å². The predicted octanol–water partition coefficient (Wildman–Crippen LogP) is -1.61. The zero-order chi connectivity index (χ0) is 18.7. The first-order valence-electron chi connectivity index (χ1n) is 6.71. The Hall–Kier alpha value is -1.76. The molecule has 0 aromatic heterocycles. The highest BCUT2D eigenvalue weighted by Crippen LogP contribution is 2.28. The summed E-state index contributed by atoms with van der Waals surface area (Å²) >= 11 is 0. The zero-order valence-electron chi connectivity index (χ0n) is 13.1. The van der Waals surface area contributed by atoms with Crippen LogP contribution in [0.3, 0.4) is 0 Å². The van der Waals surface area contributed by atoms with Crippen molar-refractivity contribution in [3.05, 3.63) is 0 Å². The van der Waals surface area contributed by atoms with Crippen LogP contribution in [0.15, 0.2) is 0 Å². The normalized spacial score (nSPS) is 30.3. The number of aliphatic hydroxyl groups is 1. The highest BCUT2D eigenvalue weighted by atomic mass is 32.2. The predicted molar refractivity (Wildman–Crippen MR) is 74.0 cm³/mol. The third-order valence-electron chi connectivity index (χ3n) is 2.88. The molecule has 0 radical (unpaired) electrons. The number of hydrogen-bond donors (Lipinski definition) is 2. The Balaban J connectivity index is 3.19. The first-order chi connectivity index (χ1) is 10.9. The largest absolute Gasteiger partial charge is 0.455 e. The van der Waals surface area contributed by atoms with Crippen LogP contribution in [0.4, 0.5) is 0 Å². The molecule has 0 bridgehead atoms. The van der Waals surface area contributed by atoms with E-state index in [9.17, 15) is 27.9 Å². The molecule has 1 saturated heterocycles. The average molecular weight is 370 g/mol. The summed E-state index contributed by atoms with van der Waals surface area (Å²) in [6.45, 7) is 3.04. The molecule has 11 nitrogen and oxygen atoms in total. The minimum atomic E-state index is -4.57. The molecule has 1 fully saturated rings. The van der Waals surface area contributed by atoms with Gasteiger partial charge in [0, 0.05) is 20.8 Å². The van der Waals surface area contributed by atoms with Crippen LogP contribution in [0.25, 0.3) is 0 Å². The first-order valence-corrected chi connectivity index (χ1v) is 8.32. The van der Waals surface area contributed by atoms with E-state index in [4.69, 9.17) is 23.5 Å². The van der Waals surface area contributed by atoms with Crippen LogP contribution in [0.2, 0.25) is 0 Å². The quantitative estimate of drug-likeness (QED) is 0.325. The molecule has 0 aromatic rings. The lowest BCUT2D eigenvalue weighted by Gasteiger charge is -2.42. The molecular weight excluding hydrogens is 352 g/mol. The Morgan fingerprint density at radius 1 is 0.958 bits per heavy atom. The van der Waals surface area contributed by atoms with Gasteiger partial charge in [-0.2, -0.15) is 8.42 Å². The molecule has 2 N–H and O–H groups in total. The van der Waals surface area contributed by atoms with Crippen molar-refractivity contribution in [2.75, 3.05) is 5.75 Å². The van der Waals surface area contributed by atoms with Crippen LogP contribution in [0.1, 0.15) is 20.8 Å². The Bertz CT molecular complexity index is 598. The van der Waals surface area contributed by atoms with Gasteiger partial charge in [0.05, 0.1) is 0 Å². The fourth-order valence-corrected chi connectivity index (χ4v) is 2.83. The summed E-state index contributed by atoms with van der Waals surface area (Å²) in [7, 11) is -4.57. The standard InChI is InChI=1S/C12H18O11S/c1-5(13)20-10-9(16)8(4-24(17,18)19)23-12(22-7(3)15)11(10)21-6(2)14/h8-12,16H,4H2,1-3H3,(H,17,18,19)/t8-,9-,10+,11+,12?/m1/s1. The molecular formula is C12H18O11S. The van der Waals surface area contributed by atoms with Gasteiger partial charge in [-0.25, -0.2) is 0 Å². The van der Waals surface area contributed by atoms with E-state index < -0.39 is 64.5 Å².